The van der Waals surface area contributed by atoms with Crippen LogP contribution in [0.5, 0.6) is 0 Å². The summed E-state index contributed by atoms with van der Waals surface area (Å²) in [5.41, 5.74) is 11.1. The Bertz CT molecular complexity index is 1250. The fourth-order valence-corrected chi connectivity index (χ4v) is 6.92. The molecule has 0 fully saturated rings. The molecule has 0 atom stereocenters. The zero-order valence-corrected chi connectivity index (χ0v) is 26.9. The number of benzene rings is 3. The van der Waals surface area contributed by atoms with E-state index in [9.17, 15) is 0 Å². The molecule has 0 N–H and O–H groups in total. The van der Waals surface area contributed by atoms with E-state index >= 15 is 0 Å². The van der Waals surface area contributed by atoms with Crippen molar-refractivity contribution < 1.29 is 0 Å². The van der Waals surface area contributed by atoms with Crippen LogP contribution < -0.4 is 19.6 Å². The van der Waals surface area contributed by atoms with Crippen LogP contribution >= 0.6 is 0 Å². The third-order valence-electron chi connectivity index (χ3n) is 9.19. The van der Waals surface area contributed by atoms with Crippen molar-refractivity contribution in [2.24, 2.45) is 0 Å². The van der Waals surface area contributed by atoms with E-state index < -0.39 is 0 Å². The molecule has 3 aromatic carbocycles. The number of fused-ring (bicyclic) bond motifs is 1. The molecule has 2 aliphatic heterocycles. The van der Waals surface area contributed by atoms with E-state index in [1.54, 1.807) is 0 Å². The van der Waals surface area contributed by atoms with Crippen LogP contribution in [0.25, 0.3) is 0 Å². The smallest absolute Gasteiger partial charge is 0.114 e. The molecule has 0 spiro atoms. The van der Waals surface area contributed by atoms with E-state index in [0.717, 1.165) is 6.42 Å². The quantitative estimate of drug-likeness (QED) is 0.277. The van der Waals surface area contributed by atoms with Gasteiger partial charge in [-0.1, -0.05) is 104 Å². The molecule has 4 heteroatoms. The van der Waals surface area contributed by atoms with Gasteiger partial charge in [-0.05, 0) is 58.1 Å². The minimum absolute atomic E-state index is 0.133. The molecule has 0 saturated heterocycles. The monoisotopic (exact) mass is 550 g/mol. The molecule has 4 nitrogen and oxygen atoms in total. The van der Waals surface area contributed by atoms with Crippen LogP contribution in [0, 0.1) is 0 Å². The molecule has 0 unspecified atom stereocenters. The lowest BCUT2D eigenvalue weighted by atomic mass is 9.90. The molecule has 0 radical (unpaired) electrons. The molecular formula is C37H50N4. The number of hydrogen-bond acceptors (Lipinski definition) is 4. The van der Waals surface area contributed by atoms with E-state index in [2.05, 4.69) is 162 Å². The van der Waals surface area contributed by atoms with Gasteiger partial charge in [-0.15, -0.1) is 0 Å². The van der Waals surface area contributed by atoms with Crippen LogP contribution in [0.2, 0.25) is 0 Å². The summed E-state index contributed by atoms with van der Waals surface area (Å²) in [5, 5.41) is 0. The highest BCUT2D eigenvalue weighted by Crippen LogP contribution is 2.46. The van der Waals surface area contributed by atoms with Gasteiger partial charge in [0.15, 0.2) is 0 Å². The molecule has 0 amide bonds. The van der Waals surface area contributed by atoms with Crippen LogP contribution in [0.1, 0.15) is 108 Å². The first-order valence-corrected chi connectivity index (χ1v) is 15.6. The molecule has 218 valence electrons. The van der Waals surface area contributed by atoms with Crippen LogP contribution in [0.3, 0.4) is 0 Å². The van der Waals surface area contributed by atoms with E-state index in [-0.39, 0.29) is 12.3 Å². The second-order valence-corrected chi connectivity index (χ2v) is 13.2. The molecule has 0 bridgehead atoms. The first-order valence-electron chi connectivity index (χ1n) is 15.6. The van der Waals surface area contributed by atoms with Gasteiger partial charge in [0, 0.05) is 44.3 Å². The number of para-hydroxylation sites is 4. The first-order chi connectivity index (χ1) is 19.5. The fourth-order valence-electron chi connectivity index (χ4n) is 6.92. The van der Waals surface area contributed by atoms with Gasteiger partial charge in [0.25, 0.3) is 0 Å². The van der Waals surface area contributed by atoms with Crippen LogP contribution in [0.15, 0.2) is 73.1 Å². The van der Waals surface area contributed by atoms with Crippen LogP contribution in [-0.2, 0) is 0 Å². The lowest BCUT2D eigenvalue weighted by Crippen LogP contribution is -2.49. The molecule has 2 aliphatic rings. The van der Waals surface area contributed by atoms with Gasteiger partial charge in [0.2, 0.25) is 0 Å². The highest BCUT2D eigenvalue weighted by molar-refractivity contribution is 5.77. The van der Waals surface area contributed by atoms with E-state index in [4.69, 9.17) is 0 Å². The molecule has 5 rings (SSSR count). The maximum Gasteiger partial charge on any atom is 0.114 e. The Morgan fingerprint density at radius 3 is 1.15 bits per heavy atom. The number of hydrogen-bond donors (Lipinski definition) is 0. The predicted octanol–water partition coefficient (Wildman–Crippen LogP) is 9.61. The van der Waals surface area contributed by atoms with Crippen LogP contribution in [-0.4, -0.2) is 26.4 Å². The van der Waals surface area contributed by atoms with Crippen molar-refractivity contribution in [2.45, 2.75) is 97.8 Å². The Morgan fingerprint density at radius 2 is 0.829 bits per heavy atom. The largest absolute Gasteiger partial charge is 0.352 e. The summed E-state index contributed by atoms with van der Waals surface area (Å²) in [6.07, 6.45) is 6.06. The summed E-state index contributed by atoms with van der Waals surface area (Å²) in [7, 11) is 4.51. The Morgan fingerprint density at radius 1 is 0.488 bits per heavy atom. The maximum atomic E-state index is 2.61. The third kappa shape index (κ3) is 5.11. The maximum absolute atomic E-state index is 2.61. The van der Waals surface area contributed by atoms with E-state index in [1.807, 2.05) is 0 Å². The summed E-state index contributed by atoms with van der Waals surface area (Å²) in [6, 6.07) is 22.7. The summed E-state index contributed by atoms with van der Waals surface area (Å²) < 4.78 is 0. The normalized spacial score (nSPS) is 16.0. The molecule has 41 heavy (non-hydrogen) atoms. The highest BCUT2D eigenvalue weighted by Gasteiger charge is 2.40. The van der Waals surface area contributed by atoms with Gasteiger partial charge in [0.05, 0.1) is 11.4 Å². The van der Waals surface area contributed by atoms with E-state index in [1.165, 1.54) is 45.0 Å². The van der Waals surface area contributed by atoms with Crippen molar-refractivity contribution in [2.75, 3.05) is 33.7 Å². The SMILES string of the molecule is CC(C)c1cccc(C(C)C)c1N1C=CN(c2c(C(C)C)cccc2C(C)C)C1CC1N(C)c2ccccc2N1C. The minimum Gasteiger partial charge on any atom is -0.352 e. The Labute approximate surface area is 249 Å². The predicted molar refractivity (Wildman–Crippen MR) is 179 cm³/mol. The van der Waals surface area contributed by atoms with Gasteiger partial charge >= 0.3 is 0 Å². The Hall–Kier alpha value is -3.40. The summed E-state index contributed by atoms with van der Waals surface area (Å²) in [4.78, 5) is 10.2. The van der Waals surface area contributed by atoms with Crippen molar-refractivity contribution in [1.29, 1.82) is 0 Å². The lowest BCUT2D eigenvalue weighted by molar-refractivity contribution is 0.514. The second kappa shape index (κ2) is 11.5. The Kier molecular flexibility index (Phi) is 8.14. The topological polar surface area (TPSA) is 13.0 Å². The summed E-state index contributed by atoms with van der Waals surface area (Å²) >= 11 is 0. The van der Waals surface area contributed by atoms with Crippen molar-refractivity contribution in [3.05, 3.63) is 95.3 Å². The van der Waals surface area contributed by atoms with Gasteiger partial charge < -0.3 is 19.6 Å². The van der Waals surface area contributed by atoms with E-state index in [0.29, 0.717) is 23.7 Å². The van der Waals surface area contributed by atoms with Gasteiger partial charge in [-0.3, -0.25) is 0 Å². The van der Waals surface area contributed by atoms with Crippen molar-refractivity contribution in [1.82, 2.24) is 0 Å². The van der Waals surface area contributed by atoms with Crippen molar-refractivity contribution in [3.8, 4) is 0 Å². The van der Waals surface area contributed by atoms with Gasteiger partial charge in [0.1, 0.15) is 12.3 Å². The molecule has 0 saturated carbocycles. The summed E-state index contributed by atoms with van der Waals surface area (Å²) in [6.45, 7) is 18.6. The van der Waals surface area contributed by atoms with Crippen LogP contribution in [0.4, 0.5) is 22.7 Å². The van der Waals surface area contributed by atoms with Gasteiger partial charge in [-0.25, -0.2) is 0 Å². The number of rotatable bonds is 8. The fraction of sp³-hybridized carbons (Fsp3) is 0.459. The molecular weight excluding hydrogens is 500 g/mol. The zero-order valence-electron chi connectivity index (χ0n) is 26.9. The first kappa shape index (κ1) is 29.1. The molecule has 3 aromatic rings. The summed E-state index contributed by atoms with van der Waals surface area (Å²) in [5.74, 6) is 1.73. The molecule has 0 aliphatic carbocycles. The van der Waals surface area contributed by atoms with Crippen molar-refractivity contribution in [3.63, 3.8) is 0 Å². The lowest BCUT2D eigenvalue weighted by Gasteiger charge is -2.41. The minimum atomic E-state index is 0.133. The molecule has 0 aromatic heterocycles. The Balaban J connectivity index is 1.69. The standard InChI is InChI=1S/C37H50N4/c1-24(2)28-15-13-16-29(25(3)4)36(28)40-21-22-41(37-30(26(5)6)17-14-18-31(37)27(7)8)35(40)23-34-38(9)32-19-11-12-20-33(32)39(34)10/h11-22,24-27,34-35H,23H2,1-10H3. The second-order valence-electron chi connectivity index (χ2n) is 13.2. The third-order valence-corrected chi connectivity index (χ3v) is 9.19. The van der Waals surface area contributed by atoms with Crippen molar-refractivity contribution >= 4 is 22.7 Å². The average molecular weight is 551 g/mol. The number of nitrogens with zero attached hydrogens (tertiary/aromatic N) is 4. The molecule has 2 heterocycles. The van der Waals surface area contributed by atoms with Gasteiger partial charge in [-0.2, -0.15) is 0 Å². The number of anilines is 4. The highest BCUT2D eigenvalue weighted by atomic mass is 15.4. The zero-order chi connectivity index (χ0) is 29.6. The average Bonchev–Trinajstić information content (AvgIpc) is 3.46.